The molecule has 1 aromatic carbocycles. The Morgan fingerprint density at radius 2 is 1.81 bits per heavy atom. The first-order valence-electron chi connectivity index (χ1n) is 7.38. The van der Waals surface area contributed by atoms with Gasteiger partial charge in [-0.15, -0.1) is 0 Å². The van der Waals surface area contributed by atoms with E-state index in [1.54, 1.807) is 30.3 Å². The van der Waals surface area contributed by atoms with Gasteiger partial charge >= 0.3 is 0 Å². The average Bonchev–Trinajstić information content (AvgIpc) is 2.49. The molecule has 0 bridgehead atoms. The van der Waals surface area contributed by atoms with Crippen LogP contribution < -0.4 is 16.4 Å². The van der Waals surface area contributed by atoms with Gasteiger partial charge in [-0.05, 0) is 62.7 Å². The number of rotatable bonds is 10. The van der Waals surface area contributed by atoms with Crippen LogP contribution in [-0.2, 0) is 4.79 Å². The van der Waals surface area contributed by atoms with Crippen molar-refractivity contribution in [3.8, 4) is 5.75 Å². The molecule has 0 heterocycles. The minimum absolute atomic E-state index is 0.105. The lowest BCUT2D eigenvalue weighted by Crippen LogP contribution is -2.26. The quantitative estimate of drug-likeness (QED) is 0.297. The highest BCUT2D eigenvalue weighted by atomic mass is 16.3. The first-order valence-corrected chi connectivity index (χ1v) is 7.38. The number of carbonyl (C=O) groups is 1. The first-order chi connectivity index (χ1) is 10.2. The van der Waals surface area contributed by atoms with E-state index in [1.807, 2.05) is 0 Å². The number of unbranched alkanes of at least 4 members (excludes halogenated alkanes) is 1. The number of hydrogen-bond donors (Lipinski definition) is 4. The number of phenolic OH excluding ortho intramolecular Hbond substituents is 1. The van der Waals surface area contributed by atoms with Crippen LogP contribution in [0.2, 0.25) is 0 Å². The van der Waals surface area contributed by atoms with Crippen LogP contribution in [0.15, 0.2) is 30.3 Å². The standard InChI is InChI=1S/C16H25N3O2/c17-10-1-2-11-18-12-3-13-19-16(21)9-6-14-4-7-15(20)8-5-14/h4-9,18,20H,1-3,10-13,17H2,(H,19,21)/b9-6+/i10+1,11+1. The van der Waals surface area contributed by atoms with Crippen molar-refractivity contribution in [3.05, 3.63) is 35.9 Å². The Balaban J connectivity index is 2.07. The highest BCUT2D eigenvalue weighted by Crippen LogP contribution is 2.10. The zero-order chi connectivity index (χ0) is 15.3. The molecule has 0 saturated heterocycles. The molecule has 5 heteroatoms. The Kier molecular flexibility index (Phi) is 8.91. The summed E-state index contributed by atoms with van der Waals surface area (Å²) in [6.45, 7) is 3.27. The minimum atomic E-state index is -0.105. The summed E-state index contributed by atoms with van der Waals surface area (Å²) in [6.07, 6.45) is 6.27. The van der Waals surface area contributed by atoms with Crippen LogP contribution in [0.4, 0.5) is 0 Å². The molecule has 0 saturated carbocycles. The first kappa shape index (κ1) is 17.2. The highest BCUT2D eigenvalue weighted by Gasteiger charge is 1.95. The maximum absolute atomic E-state index is 11.6. The summed E-state index contributed by atoms with van der Waals surface area (Å²) in [5, 5.41) is 15.3. The molecule has 0 aliphatic heterocycles. The van der Waals surface area contributed by atoms with Crippen LogP contribution in [0.5, 0.6) is 5.75 Å². The van der Waals surface area contributed by atoms with E-state index in [1.165, 1.54) is 6.08 Å². The van der Waals surface area contributed by atoms with Gasteiger partial charge in [0.25, 0.3) is 0 Å². The fourth-order valence-electron chi connectivity index (χ4n) is 1.76. The average molecular weight is 293 g/mol. The van der Waals surface area contributed by atoms with Gasteiger partial charge in [0, 0.05) is 12.6 Å². The molecule has 0 spiro atoms. The topological polar surface area (TPSA) is 87.4 Å². The number of aromatic hydroxyl groups is 1. The molecule has 0 radical (unpaired) electrons. The number of phenols is 1. The highest BCUT2D eigenvalue weighted by molar-refractivity contribution is 5.91. The van der Waals surface area contributed by atoms with Crippen molar-refractivity contribution in [1.29, 1.82) is 0 Å². The molecule has 0 unspecified atom stereocenters. The van der Waals surface area contributed by atoms with Gasteiger partial charge in [-0.25, -0.2) is 0 Å². The van der Waals surface area contributed by atoms with E-state index in [2.05, 4.69) is 10.6 Å². The number of carbonyl (C=O) groups excluding carboxylic acids is 1. The molecule has 0 fully saturated rings. The second-order valence-electron chi connectivity index (χ2n) is 4.82. The second-order valence-corrected chi connectivity index (χ2v) is 4.82. The lowest BCUT2D eigenvalue weighted by Gasteiger charge is -2.04. The van der Waals surface area contributed by atoms with Gasteiger partial charge in [0.1, 0.15) is 5.75 Å². The molecule has 1 amide bonds. The van der Waals surface area contributed by atoms with Crippen LogP contribution in [0.1, 0.15) is 24.8 Å². The number of hydrogen-bond acceptors (Lipinski definition) is 4. The number of amides is 1. The van der Waals surface area contributed by atoms with Gasteiger partial charge in [0.15, 0.2) is 0 Å². The van der Waals surface area contributed by atoms with Crippen LogP contribution in [0.25, 0.3) is 6.08 Å². The Morgan fingerprint density at radius 1 is 1.10 bits per heavy atom. The van der Waals surface area contributed by atoms with E-state index in [0.717, 1.165) is 44.5 Å². The normalized spacial score (nSPS) is 10.9. The summed E-state index contributed by atoms with van der Waals surface area (Å²) in [6, 6.07) is 6.69. The Labute approximate surface area is 126 Å². The summed E-state index contributed by atoms with van der Waals surface area (Å²) in [5.74, 6) is 0.113. The van der Waals surface area contributed by atoms with E-state index in [-0.39, 0.29) is 11.7 Å². The molecule has 116 valence electrons. The number of nitrogens with one attached hydrogen (secondary N) is 2. The third-order valence-corrected chi connectivity index (χ3v) is 2.96. The molecule has 0 aliphatic rings. The molecule has 5 N–H and O–H groups in total. The van der Waals surface area contributed by atoms with E-state index in [9.17, 15) is 4.79 Å². The molecule has 0 atom stereocenters. The Morgan fingerprint density at radius 3 is 2.52 bits per heavy atom. The second kappa shape index (κ2) is 10.9. The lowest BCUT2D eigenvalue weighted by atomic mass is 10.2. The summed E-state index contributed by atoms with van der Waals surface area (Å²) >= 11 is 0. The van der Waals surface area contributed by atoms with E-state index >= 15 is 0 Å². The van der Waals surface area contributed by atoms with Crippen LogP contribution >= 0.6 is 0 Å². The maximum atomic E-state index is 11.6. The van der Waals surface area contributed by atoms with Crippen LogP contribution in [0, 0.1) is 0 Å². The monoisotopic (exact) mass is 293 g/mol. The minimum Gasteiger partial charge on any atom is -0.508 e. The molecule has 1 aromatic rings. The molecule has 5 nitrogen and oxygen atoms in total. The third-order valence-electron chi connectivity index (χ3n) is 2.96. The zero-order valence-corrected chi connectivity index (χ0v) is 12.3. The number of benzene rings is 1. The number of nitrogens with two attached hydrogens (primary N) is 1. The van der Waals surface area contributed by atoms with Gasteiger partial charge in [-0.2, -0.15) is 0 Å². The van der Waals surface area contributed by atoms with Gasteiger partial charge in [0.05, 0.1) is 0 Å². The fraction of sp³-hybridized carbons (Fsp3) is 0.438. The smallest absolute Gasteiger partial charge is 0.243 e. The predicted molar refractivity (Wildman–Crippen MR) is 85.9 cm³/mol. The van der Waals surface area contributed by atoms with Crippen molar-refractivity contribution in [2.24, 2.45) is 5.73 Å². The van der Waals surface area contributed by atoms with Crippen LogP contribution in [0.3, 0.4) is 0 Å². The Bertz CT molecular complexity index is 430. The van der Waals surface area contributed by atoms with Crippen molar-refractivity contribution >= 4 is 12.0 Å². The van der Waals surface area contributed by atoms with Gasteiger partial charge in [0.2, 0.25) is 5.91 Å². The molecular formula is C16H25N3O2. The predicted octanol–water partition coefficient (Wildman–Crippen LogP) is 1.24. The zero-order valence-electron chi connectivity index (χ0n) is 12.3. The summed E-state index contributed by atoms with van der Waals surface area (Å²) in [4.78, 5) is 11.6. The third kappa shape index (κ3) is 8.83. The molecular weight excluding hydrogens is 268 g/mol. The van der Waals surface area contributed by atoms with Crippen molar-refractivity contribution in [2.75, 3.05) is 26.2 Å². The molecule has 0 aromatic heterocycles. The van der Waals surface area contributed by atoms with E-state index in [4.69, 9.17) is 10.8 Å². The molecule has 1 rings (SSSR count). The summed E-state index contributed by atoms with van der Waals surface area (Å²) in [7, 11) is 0. The maximum Gasteiger partial charge on any atom is 0.243 e. The SMILES string of the molecule is N[13CH2]CC[13CH2]NCCCNC(=O)/C=C/c1ccc(O)cc1. The summed E-state index contributed by atoms with van der Waals surface area (Å²) in [5.41, 5.74) is 6.29. The molecule has 21 heavy (non-hydrogen) atoms. The van der Waals surface area contributed by atoms with E-state index < -0.39 is 0 Å². The molecule has 0 aliphatic carbocycles. The Hall–Kier alpha value is -1.85. The van der Waals surface area contributed by atoms with Gasteiger partial charge in [-0.1, -0.05) is 12.1 Å². The van der Waals surface area contributed by atoms with Crippen LogP contribution in [-0.4, -0.2) is 37.2 Å². The van der Waals surface area contributed by atoms with Crippen molar-refractivity contribution in [1.82, 2.24) is 10.6 Å². The lowest BCUT2D eigenvalue weighted by molar-refractivity contribution is -0.116. The van der Waals surface area contributed by atoms with Gasteiger partial charge < -0.3 is 21.5 Å². The van der Waals surface area contributed by atoms with Crippen molar-refractivity contribution in [3.63, 3.8) is 0 Å². The van der Waals surface area contributed by atoms with Crippen molar-refractivity contribution < 1.29 is 9.90 Å². The van der Waals surface area contributed by atoms with Gasteiger partial charge in [-0.3, -0.25) is 4.79 Å². The fourth-order valence-corrected chi connectivity index (χ4v) is 1.76. The summed E-state index contributed by atoms with van der Waals surface area (Å²) < 4.78 is 0. The largest absolute Gasteiger partial charge is 0.508 e. The van der Waals surface area contributed by atoms with E-state index in [0.29, 0.717) is 6.54 Å². The van der Waals surface area contributed by atoms with Crippen molar-refractivity contribution in [2.45, 2.75) is 19.3 Å².